The van der Waals surface area contributed by atoms with Crippen molar-refractivity contribution in [3.63, 3.8) is 0 Å². The summed E-state index contributed by atoms with van der Waals surface area (Å²) in [5.74, 6) is -0.264. The molecule has 5 heteroatoms. The number of aliphatic carboxylic acids is 1. The van der Waals surface area contributed by atoms with Crippen LogP contribution in [0.15, 0.2) is 28.7 Å². The van der Waals surface area contributed by atoms with E-state index in [1.165, 1.54) is 0 Å². The van der Waals surface area contributed by atoms with Crippen LogP contribution in [0.25, 0.3) is 11.4 Å². The lowest BCUT2D eigenvalue weighted by Crippen LogP contribution is -2.08. The Balaban J connectivity index is 2.51. The minimum atomic E-state index is -0.872. The van der Waals surface area contributed by atoms with E-state index < -0.39 is 5.97 Å². The van der Waals surface area contributed by atoms with Crippen molar-refractivity contribution in [2.75, 3.05) is 0 Å². The predicted octanol–water partition coefficient (Wildman–Crippen LogP) is 3.15. The topological polar surface area (TPSA) is 63.1 Å². The van der Waals surface area contributed by atoms with E-state index in [1.54, 1.807) is 0 Å². The van der Waals surface area contributed by atoms with Crippen molar-refractivity contribution in [3.8, 4) is 11.4 Å². The van der Waals surface area contributed by atoms with Crippen LogP contribution >= 0.6 is 15.9 Å². The molecule has 2 aromatic rings. The van der Waals surface area contributed by atoms with E-state index in [9.17, 15) is 4.79 Å². The third-order valence-electron chi connectivity index (χ3n) is 2.86. The van der Waals surface area contributed by atoms with E-state index in [2.05, 4.69) is 25.9 Å². The van der Waals surface area contributed by atoms with Crippen LogP contribution in [0.3, 0.4) is 0 Å². The van der Waals surface area contributed by atoms with E-state index in [1.807, 2.05) is 38.1 Å². The van der Waals surface area contributed by atoms with Gasteiger partial charge in [0.1, 0.15) is 0 Å². The SMILES string of the molecule is Cc1nc(-c2ccccc2Br)nc(C)c1CC(=O)O. The molecule has 0 aliphatic rings. The van der Waals surface area contributed by atoms with E-state index in [-0.39, 0.29) is 6.42 Å². The van der Waals surface area contributed by atoms with Crippen molar-refractivity contribution >= 4 is 21.9 Å². The van der Waals surface area contributed by atoms with Crippen molar-refractivity contribution in [1.82, 2.24) is 9.97 Å². The maximum Gasteiger partial charge on any atom is 0.307 e. The lowest BCUT2D eigenvalue weighted by Gasteiger charge is -2.10. The van der Waals surface area contributed by atoms with Crippen molar-refractivity contribution in [3.05, 3.63) is 45.7 Å². The van der Waals surface area contributed by atoms with Gasteiger partial charge in [-0.3, -0.25) is 4.79 Å². The maximum absolute atomic E-state index is 10.8. The molecule has 0 atom stereocenters. The van der Waals surface area contributed by atoms with E-state index in [0.717, 1.165) is 10.0 Å². The van der Waals surface area contributed by atoms with Crippen LogP contribution in [0, 0.1) is 13.8 Å². The monoisotopic (exact) mass is 320 g/mol. The van der Waals surface area contributed by atoms with Gasteiger partial charge in [0.25, 0.3) is 0 Å². The zero-order valence-corrected chi connectivity index (χ0v) is 12.2. The number of benzene rings is 1. The number of carbonyl (C=O) groups is 1. The molecular weight excluding hydrogens is 308 g/mol. The zero-order valence-electron chi connectivity index (χ0n) is 10.6. The third kappa shape index (κ3) is 2.98. The Hall–Kier alpha value is -1.75. The Morgan fingerprint density at radius 2 is 1.79 bits per heavy atom. The Morgan fingerprint density at radius 3 is 2.32 bits per heavy atom. The molecule has 0 aliphatic heterocycles. The molecule has 1 N–H and O–H groups in total. The van der Waals surface area contributed by atoms with Gasteiger partial charge in [-0.25, -0.2) is 9.97 Å². The van der Waals surface area contributed by atoms with Gasteiger partial charge in [-0.1, -0.05) is 34.1 Å². The molecule has 98 valence electrons. The highest BCUT2D eigenvalue weighted by atomic mass is 79.9. The van der Waals surface area contributed by atoms with Crippen LogP contribution in [0.1, 0.15) is 17.0 Å². The largest absolute Gasteiger partial charge is 0.481 e. The second-order valence-electron chi connectivity index (χ2n) is 4.25. The van der Waals surface area contributed by atoms with E-state index >= 15 is 0 Å². The minimum Gasteiger partial charge on any atom is -0.481 e. The molecule has 0 fully saturated rings. The zero-order chi connectivity index (χ0) is 14.0. The Labute approximate surface area is 119 Å². The summed E-state index contributed by atoms with van der Waals surface area (Å²) in [6.07, 6.45) is -0.0477. The summed E-state index contributed by atoms with van der Waals surface area (Å²) in [5.41, 5.74) is 3.00. The third-order valence-corrected chi connectivity index (χ3v) is 3.55. The molecule has 2 rings (SSSR count). The van der Waals surface area contributed by atoms with Gasteiger partial charge in [-0.2, -0.15) is 0 Å². The van der Waals surface area contributed by atoms with Gasteiger partial charge >= 0.3 is 5.97 Å². The number of carboxylic acids is 1. The number of carboxylic acid groups (broad SMARTS) is 1. The van der Waals surface area contributed by atoms with Crippen molar-refractivity contribution in [1.29, 1.82) is 0 Å². The first-order valence-corrected chi connectivity index (χ1v) is 6.59. The number of rotatable bonds is 3. The van der Waals surface area contributed by atoms with Gasteiger partial charge < -0.3 is 5.11 Å². The molecule has 0 spiro atoms. The van der Waals surface area contributed by atoms with Gasteiger partial charge in [0.05, 0.1) is 6.42 Å². The summed E-state index contributed by atoms with van der Waals surface area (Å²) in [6, 6.07) is 7.69. The summed E-state index contributed by atoms with van der Waals surface area (Å²) >= 11 is 3.47. The molecule has 4 nitrogen and oxygen atoms in total. The number of hydrogen-bond acceptors (Lipinski definition) is 3. The number of halogens is 1. The Morgan fingerprint density at radius 1 is 1.21 bits per heavy atom. The molecule has 0 radical (unpaired) electrons. The van der Waals surface area contributed by atoms with Crippen LogP contribution in [0.4, 0.5) is 0 Å². The summed E-state index contributed by atoms with van der Waals surface area (Å²) in [7, 11) is 0. The lowest BCUT2D eigenvalue weighted by atomic mass is 10.1. The number of nitrogens with zero attached hydrogens (tertiary/aromatic N) is 2. The van der Waals surface area contributed by atoms with Gasteiger partial charge in [0, 0.05) is 27.0 Å². The molecule has 0 unspecified atom stereocenters. The van der Waals surface area contributed by atoms with E-state index in [4.69, 9.17) is 5.11 Å². The summed E-state index contributed by atoms with van der Waals surface area (Å²) in [5, 5.41) is 8.88. The Kier molecular flexibility index (Phi) is 3.95. The molecule has 0 aliphatic carbocycles. The average Bonchev–Trinajstić information content (AvgIpc) is 2.34. The highest BCUT2D eigenvalue weighted by Gasteiger charge is 2.13. The summed E-state index contributed by atoms with van der Waals surface area (Å²) in [6.45, 7) is 3.63. The molecule has 0 amide bonds. The quantitative estimate of drug-likeness (QED) is 0.943. The van der Waals surface area contributed by atoms with Crippen LogP contribution in [-0.4, -0.2) is 21.0 Å². The smallest absolute Gasteiger partial charge is 0.307 e. The highest BCUT2D eigenvalue weighted by Crippen LogP contribution is 2.26. The van der Waals surface area contributed by atoms with Gasteiger partial charge in [-0.15, -0.1) is 0 Å². The van der Waals surface area contributed by atoms with Crippen LogP contribution in [0.5, 0.6) is 0 Å². The minimum absolute atomic E-state index is 0.0477. The van der Waals surface area contributed by atoms with Gasteiger partial charge in [-0.05, 0) is 19.9 Å². The predicted molar refractivity (Wildman–Crippen MR) is 76.0 cm³/mol. The fraction of sp³-hybridized carbons (Fsp3) is 0.214. The molecule has 19 heavy (non-hydrogen) atoms. The molecule has 1 heterocycles. The molecule has 0 saturated heterocycles. The molecule has 1 aromatic heterocycles. The number of aryl methyl sites for hydroxylation is 2. The van der Waals surface area contributed by atoms with Crippen molar-refractivity contribution < 1.29 is 9.90 Å². The highest BCUT2D eigenvalue weighted by molar-refractivity contribution is 9.10. The second kappa shape index (κ2) is 5.48. The fourth-order valence-electron chi connectivity index (χ4n) is 1.91. The van der Waals surface area contributed by atoms with Crippen LogP contribution in [-0.2, 0) is 11.2 Å². The fourth-order valence-corrected chi connectivity index (χ4v) is 2.37. The molecule has 0 saturated carbocycles. The summed E-state index contributed by atoms with van der Waals surface area (Å²) < 4.78 is 0.916. The van der Waals surface area contributed by atoms with Gasteiger partial charge in [0.2, 0.25) is 0 Å². The van der Waals surface area contributed by atoms with E-state index in [0.29, 0.717) is 22.8 Å². The maximum atomic E-state index is 10.8. The standard InChI is InChI=1S/C14H13BrN2O2/c1-8-11(7-13(18)19)9(2)17-14(16-8)10-5-3-4-6-12(10)15/h3-6H,7H2,1-2H3,(H,18,19). The Bertz CT molecular complexity index is 618. The number of hydrogen-bond donors (Lipinski definition) is 1. The normalized spacial score (nSPS) is 10.5. The first-order chi connectivity index (χ1) is 8.99. The number of aromatic nitrogens is 2. The summed E-state index contributed by atoms with van der Waals surface area (Å²) in [4.78, 5) is 19.6. The molecular formula is C14H13BrN2O2. The van der Waals surface area contributed by atoms with Crippen LogP contribution in [0.2, 0.25) is 0 Å². The molecule has 1 aromatic carbocycles. The first kappa shape index (κ1) is 13.7. The van der Waals surface area contributed by atoms with Gasteiger partial charge in [0.15, 0.2) is 5.82 Å². The molecule has 0 bridgehead atoms. The van der Waals surface area contributed by atoms with Crippen molar-refractivity contribution in [2.45, 2.75) is 20.3 Å². The first-order valence-electron chi connectivity index (χ1n) is 5.80. The van der Waals surface area contributed by atoms with Crippen LogP contribution < -0.4 is 0 Å². The average molecular weight is 321 g/mol. The lowest BCUT2D eigenvalue weighted by molar-refractivity contribution is -0.136. The van der Waals surface area contributed by atoms with Crippen molar-refractivity contribution in [2.24, 2.45) is 0 Å². The second-order valence-corrected chi connectivity index (χ2v) is 5.10.